The van der Waals surface area contributed by atoms with Crippen molar-refractivity contribution < 1.29 is 63.1 Å². The molecule has 0 bridgehead atoms. The second kappa shape index (κ2) is 20.6. The first-order chi connectivity index (χ1) is 21.6. The van der Waals surface area contributed by atoms with E-state index in [0.717, 1.165) is 0 Å². The van der Waals surface area contributed by atoms with Gasteiger partial charge >= 0.3 is 24.0 Å². The average Bonchev–Trinajstić information content (AvgIpc) is 2.92. The molecule has 0 fully saturated rings. The van der Waals surface area contributed by atoms with Crippen LogP contribution in [-0.4, -0.2) is 112 Å². The molecule has 0 aliphatic heterocycles. The highest BCUT2D eigenvalue weighted by Gasteiger charge is 2.29. The Bertz CT molecular complexity index is 1110. The summed E-state index contributed by atoms with van der Waals surface area (Å²) in [6.07, 6.45) is -1.76. The maximum absolute atomic E-state index is 13.2. The van der Waals surface area contributed by atoms with Crippen LogP contribution < -0.4 is 26.6 Å². The summed E-state index contributed by atoms with van der Waals surface area (Å²) < 4.78 is 10.3. The van der Waals surface area contributed by atoms with E-state index >= 15 is 0 Å². The molecular formula is C29H49N5O13. The summed E-state index contributed by atoms with van der Waals surface area (Å²) in [5, 5.41) is 39.1. The molecule has 0 aromatic carbocycles. The van der Waals surface area contributed by atoms with Gasteiger partial charge in [0.15, 0.2) is 0 Å². The highest BCUT2D eigenvalue weighted by atomic mass is 16.6. The largest absolute Gasteiger partial charge is 0.481 e. The molecule has 0 aliphatic rings. The molecule has 0 spiro atoms. The second-order valence-electron chi connectivity index (χ2n) is 12.5. The van der Waals surface area contributed by atoms with E-state index in [2.05, 4.69) is 26.6 Å². The van der Waals surface area contributed by atoms with Gasteiger partial charge in [0, 0.05) is 19.4 Å². The standard InChI is InChI=1S/C29H49N5O13/c1-28(2,3)46-23(40)15-31-24(41)18(10-12-20(36)33-19(26(43)44)11-13-22(38)39)34-25(42)17(32-21(37)16-35)9-7-8-14-30-27(45)47-29(4,5)6/h17-19,35H,7-16H2,1-6H3,(H,30,45)(H,31,41)(H,32,37)(H,33,36)(H,34,42)(H,38,39)(H,43,44). The number of hydrogen-bond acceptors (Lipinski definition) is 11. The summed E-state index contributed by atoms with van der Waals surface area (Å²) in [4.78, 5) is 96.9. The fourth-order valence-electron chi connectivity index (χ4n) is 3.76. The molecule has 8 N–H and O–H groups in total. The lowest BCUT2D eigenvalue weighted by atomic mass is 10.1. The smallest absolute Gasteiger partial charge is 0.407 e. The SMILES string of the molecule is CC(C)(C)OC(=O)CNC(=O)C(CCC(=O)NC(CCC(=O)O)C(=O)O)NC(=O)C(CCCCNC(=O)OC(C)(C)C)NC(=O)CO. The molecule has 3 unspecified atom stereocenters. The molecule has 18 heteroatoms. The van der Waals surface area contributed by atoms with Gasteiger partial charge in [0.2, 0.25) is 23.6 Å². The highest BCUT2D eigenvalue weighted by molar-refractivity contribution is 5.93. The Morgan fingerprint density at radius 2 is 1.19 bits per heavy atom. The summed E-state index contributed by atoms with van der Waals surface area (Å²) >= 11 is 0. The number of esters is 1. The van der Waals surface area contributed by atoms with Gasteiger partial charge in [-0.05, 0) is 73.6 Å². The minimum atomic E-state index is -1.52. The molecule has 268 valence electrons. The molecule has 18 nitrogen and oxygen atoms in total. The van der Waals surface area contributed by atoms with Crippen molar-refractivity contribution in [1.29, 1.82) is 0 Å². The van der Waals surface area contributed by atoms with Crippen LogP contribution in [0.2, 0.25) is 0 Å². The molecule has 47 heavy (non-hydrogen) atoms. The third kappa shape index (κ3) is 21.8. The number of carboxylic acid groups (broad SMARTS) is 2. The van der Waals surface area contributed by atoms with Crippen molar-refractivity contribution in [2.75, 3.05) is 19.7 Å². The second-order valence-corrected chi connectivity index (χ2v) is 12.5. The van der Waals surface area contributed by atoms with Gasteiger partial charge < -0.3 is 51.4 Å². The number of carbonyl (C=O) groups excluding carboxylic acids is 6. The number of aliphatic hydroxyl groups excluding tert-OH is 1. The molecule has 5 amide bonds. The molecule has 3 atom stereocenters. The molecule has 0 aromatic heterocycles. The summed E-state index contributed by atoms with van der Waals surface area (Å²) in [5.41, 5.74) is -1.55. The Hall–Kier alpha value is -4.48. The average molecular weight is 676 g/mol. The van der Waals surface area contributed by atoms with Gasteiger partial charge in [-0.1, -0.05) is 0 Å². The van der Waals surface area contributed by atoms with E-state index in [1.807, 2.05) is 0 Å². The number of aliphatic carboxylic acids is 2. The molecule has 0 saturated heterocycles. The molecule has 0 heterocycles. The summed E-state index contributed by atoms with van der Waals surface area (Å²) in [5.74, 6) is -7.03. The van der Waals surface area contributed by atoms with Crippen molar-refractivity contribution in [2.45, 2.75) is 116 Å². The van der Waals surface area contributed by atoms with E-state index in [1.54, 1.807) is 41.5 Å². The summed E-state index contributed by atoms with van der Waals surface area (Å²) in [7, 11) is 0. The first-order valence-electron chi connectivity index (χ1n) is 15.0. The number of aliphatic hydroxyl groups is 1. The van der Waals surface area contributed by atoms with E-state index in [1.165, 1.54) is 0 Å². The number of hydrogen-bond donors (Lipinski definition) is 8. The Morgan fingerprint density at radius 1 is 0.638 bits per heavy atom. The van der Waals surface area contributed by atoms with Crippen molar-refractivity contribution in [3.8, 4) is 0 Å². The number of carboxylic acids is 2. The lowest BCUT2D eigenvalue weighted by Crippen LogP contribution is -2.55. The normalized spacial score (nSPS) is 13.2. The van der Waals surface area contributed by atoms with E-state index in [-0.39, 0.29) is 19.4 Å². The number of carbonyl (C=O) groups is 8. The van der Waals surface area contributed by atoms with Gasteiger partial charge in [0.1, 0.15) is 42.5 Å². The first kappa shape index (κ1) is 42.5. The quantitative estimate of drug-likeness (QED) is 0.0587. The minimum absolute atomic E-state index is 0.0180. The lowest BCUT2D eigenvalue weighted by molar-refractivity contribution is -0.154. The Labute approximate surface area is 273 Å². The maximum Gasteiger partial charge on any atom is 0.407 e. The van der Waals surface area contributed by atoms with Gasteiger partial charge in [-0.25, -0.2) is 9.59 Å². The zero-order chi connectivity index (χ0) is 36.4. The van der Waals surface area contributed by atoms with Crippen LogP contribution in [0.1, 0.15) is 86.5 Å². The van der Waals surface area contributed by atoms with Crippen molar-refractivity contribution in [3.63, 3.8) is 0 Å². The number of amides is 5. The predicted octanol–water partition coefficient (Wildman–Crippen LogP) is -0.684. The number of alkyl carbamates (subject to hydrolysis) is 1. The number of nitrogens with one attached hydrogen (secondary N) is 5. The van der Waals surface area contributed by atoms with Crippen molar-refractivity contribution in [3.05, 3.63) is 0 Å². The third-order valence-corrected chi connectivity index (χ3v) is 5.78. The Balaban J connectivity index is 5.62. The lowest BCUT2D eigenvalue weighted by Gasteiger charge is -2.24. The predicted molar refractivity (Wildman–Crippen MR) is 164 cm³/mol. The van der Waals surface area contributed by atoms with E-state index in [4.69, 9.17) is 14.6 Å². The van der Waals surface area contributed by atoms with Crippen LogP contribution in [0.3, 0.4) is 0 Å². The van der Waals surface area contributed by atoms with Crippen molar-refractivity contribution >= 4 is 47.6 Å². The van der Waals surface area contributed by atoms with Gasteiger partial charge in [0.05, 0.1) is 0 Å². The highest BCUT2D eigenvalue weighted by Crippen LogP contribution is 2.09. The van der Waals surface area contributed by atoms with E-state index in [0.29, 0.717) is 12.8 Å². The molecule has 0 radical (unpaired) electrons. The van der Waals surface area contributed by atoms with Crippen LogP contribution in [0.15, 0.2) is 0 Å². The number of rotatable bonds is 20. The van der Waals surface area contributed by atoms with E-state index in [9.17, 15) is 48.6 Å². The van der Waals surface area contributed by atoms with Gasteiger partial charge in [-0.3, -0.25) is 28.8 Å². The van der Waals surface area contributed by atoms with Crippen LogP contribution in [0.25, 0.3) is 0 Å². The van der Waals surface area contributed by atoms with Gasteiger partial charge in [-0.15, -0.1) is 0 Å². The Kier molecular flexibility index (Phi) is 18.6. The van der Waals surface area contributed by atoms with Crippen LogP contribution in [0.5, 0.6) is 0 Å². The minimum Gasteiger partial charge on any atom is -0.481 e. The summed E-state index contributed by atoms with van der Waals surface area (Å²) in [6, 6.07) is -4.23. The zero-order valence-corrected chi connectivity index (χ0v) is 27.7. The van der Waals surface area contributed by atoms with Crippen molar-refractivity contribution in [1.82, 2.24) is 26.6 Å². The topological polar surface area (TPSA) is 276 Å². The third-order valence-electron chi connectivity index (χ3n) is 5.78. The van der Waals surface area contributed by atoms with Gasteiger partial charge in [-0.2, -0.15) is 0 Å². The fraction of sp³-hybridized carbons (Fsp3) is 0.724. The number of unbranched alkanes of at least 4 members (excludes halogenated alkanes) is 1. The first-order valence-corrected chi connectivity index (χ1v) is 15.0. The Morgan fingerprint density at radius 3 is 1.72 bits per heavy atom. The zero-order valence-electron chi connectivity index (χ0n) is 27.7. The van der Waals surface area contributed by atoms with Crippen LogP contribution in [0.4, 0.5) is 4.79 Å². The van der Waals surface area contributed by atoms with E-state index < -0.39 is 109 Å². The number of ether oxygens (including phenoxy) is 2. The van der Waals surface area contributed by atoms with Crippen LogP contribution >= 0.6 is 0 Å². The molecule has 0 saturated carbocycles. The molecule has 0 aromatic rings. The summed E-state index contributed by atoms with van der Waals surface area (Å²) in [6.45, 7) is 8.62. The van der Waals surface area contributed by atoms with Crippen LogP contribution in [0, 0.1) is 0 Å². The molecular weight excluding hydrogens is 626 g/mol. The maximum atomic E-state index is 13.2. The molecule has 0 aliphatic carbocycles. The van der Waals surface area contributed by atoms with Gasteiger partial charge in [0.25, 0.3) is 0 Å². The molecule has 0 rings (SSSR count). The van der Waals surface area contributed by atoms with Crippen molar-refractivity contribution in [2.24, 2.45) is 0 Å². The van der Waals surface area contributed by atoms with Crippen LogP contribution in [-0.2, 0) is 43.0 Å². The fourth-order valence-corrected chi connectivity index (χ4v) is 3.76. The monoisotopic (exact) mass is 675 g/mol.